The molecule has 132 valence electrons. The van der Waals surface area contributed by atoms with Gasteiger partial charge in [0.15, 0.2) is 0 Å². The van der Waals surface area contributed by atoms with Crippen molar-refractivity contribution in [2.45, 2.75) is 37.8 Å². The highest BCUT2D eigenvalue weighted by Crippen LogP contribution is 2.37. The molecule has 1 fully saturated rings. The predicted octanol–water partition coefficient (Wildman–Crippen LogP) is 3.53. The fourth-order valence-corrected chi connectivity index (χ4v) is 3.70. The molecule has 0 radical (unpaired) electrons. The average molecular weight is 340 g/mol. The quantitative estimate of drug-likeness (QED) is 0.879. The molecule has 2 aromatic rings. The lowest BCUT2D eigenvalue weighted by molar-refractivity contribution is 0.0730. The molecule has 0 saturated carbocycles. The largest absolute Gasteiger partial charge is 0.493 e. The third-order valence-electron chi connectivity index (χ3n) is 4.97. The predicted molar refractivity (Wildman–Crippen MR) is 96.9 cm³/mol. The Morgan fingerprint density at radius 3 is 2.76 bits per heavy atom. The molecule has 0 bridgehead atoms. The van der Waals surface area contributed by atoms with E-state index in [2.05, 4.69) is 34.9 Å². The van der Waals surface area contributed by atoms with Gasteiger partial charge >= 0.3 is 6.03 Å². The van der Waals surface area contributed by atoms with Crippen molar-refractivity contribution < 1.29 is 14.3 Å². The van der Waals surface area contributed by atoms with Crippen LogP contribution in [-0.4, -0.2) is 31.9 Å². The minimum Gasteiger partial charge on any atom is -0.493 e. The summed E-state index contributed by atoms with van der Waals surface area (Å²) in [6, 6.07) is 12.3. The maximum atomic E-state index is 12.4. The smallest absolute Gasteiger partial charge is 0.315 e. The first-order chi connectivity index (χ1) is 12.3. The fourth-order valence-electron chi connectivity index (χ4n) is 3.70. The second-order valence-electron chi connectivity index (χ2n) is 6.78. The molecule has 2 aliphatic heterocycles. The van der Waals surface area contributed by atoms with Crippen LogP contribution in [0.15, 0.2) is 36.4 Å². The van der Waals surface area contributed by atoms with Crippen LogP contribution in [0.2, 0.25) is 0 Å². The molecule has 2 amide bonds. The van der Waals surface area contributed by atoms with Crippen LogP contribution in [0, 0.1) is 0 Å². The van der Waals surface area contributed by atoms with Gasteiger partial charge in [-0.05, 0) is 31.1 Å². The van der Waals surface area contributed by atoms with Gasteiger partial charge in [-0.3, -0.25) is 0 Å². The average Bonchev–Trinajstić information content (AvgIpc) is 2.85. The van der Waals surface area contributed by atoms with Crippen molar-refractivity contribution in [1.82, 2.24) is 10.6 Å². The molecule has 5 nitrogen and oxygen atoms in total. The highest BCUT2D eigenvalue weighted by Gasteiger charge is 2.24. The molecule has 0 spiro atoms. The molecule has 4 rings (SSSR count). The zero-order chi connectivity index (χ0) is 17.1. The first-order valence-corrected chi connectivity index (χ1v) is 9.10. The third-order valence-corrected chi connectivity index (χ3v) is 4.97. The van der Waals surface area contributed by atoms with E-state index in [-0.39, 0.29) is 18.1 Å². The van der Waals surface area contributed by atoms with Crippen LogP contribution < -0.4 is 15.4 Å². The third kappa shape index (κ3) is 3.56. The zero-order valence-electron chi connectivity index (χ0n) is 14.3. The lowest BCUT2D eigenvalue weighted by atomic mass is 9.98. The van der Waals surface area contributed by atoms with E-state index in [1.165, 1.54) is 0 Å². The van der Waals surface area contributed by atoms with E-state index in [4.69, 9.17) is 9.47 Å². The number of fused-ring (bicyclic) bond motifs is 3. The molecule has 0 unspecified atom stereocenters. The van der Waals surface area contributed by atoms with Gasteiger partial charge in [0.05, 0.1) is 25.3 Å². The van der Waals surface area contributed by atoms with Gasteiger partial charge in [-0.1, -0.05) is 36.4 Å². The normalized spacial score (nSPS) is 23.2. The van der Waals surface area contributed by atoms with Gasteiger partial charge in [-0.2, -0.15) is 0 Å². The number of rotatable bonds is 2. The van der Waals surface area contributed by atoms with Gasteiger partial charge in [0, 0.05) is 17.6 Å². The van der Waals surface area contributed by atoms with E-state index in [1.54, 1.807) is 0 Å². The summed E-state index contributed by atoms with van der Waals surface area (Å²) >= 11 is 0. The van der Waals surface area contributed by atoms with Crippen LogP contribution in [0.5, 0.6) is 5.75 Å². The van der Waals surface area contributed by atoms with Crippen molar-refractivity contribution >= 4 is 16.8 Å². The van der Waals surface area contributed by atoms with Crippen LogP contribution in [0.25, 0.3) is 10.8 Å². The maximum absolute atomic E-state index is 12.4. The molecule has 2 aromatic carbocycles. The van der Waals surface area contributed by atoms with Crippen LogP contribution in [-0.2, 0) is 4.74 Å². The first-order valence-electron chi connectivity index (χ1n) is 9.10. The molecular weight excluding hydrogens is 316 g/mol. The second kappa shape index (κ2) is 7.31. The summed E-state index contributed by atoms with van der Waals surface area (Å²) < 4.78 is 11.5. The molecule has 2 heterocycles. The van der Waals surface area contributed by atoms with E-state index in [1.807, 2.05) is 12.1 Å². The minimum absolute atomic E-state index is 0.0355. The van der Waals surface area contributed by atoms with Crippen LogP contribution in [0.4, 0.5) is 4.79 Å². The number of ether oxygens (including phenoxy) is 2. The number of hydrogen-bond acceptors (Lipinski definition) is 3. The van der Waals surface area contributed by atoms with Crippen molar-refractivity contribution in [2.75, 3.05) is 19.8 Å². The van der Waals surface area contributed by atoms with E-state index in [9.17, 15) is 4.79 Å². The van der Waals surface area contributed by atoms with Gasteiger partial charge in [0.25, 0.3) is 0 Å². The van der Waals surface area contributed by atoms with Crippen LogP contribution in [0.3, 0.4) is 0 Å². The minimum atomic E-state index is -0.124. The van der Waals surface area contributed by atoms with Crippen molar-refractivity contribution in [1.29, 1.82) is 0 Å². The topological polar surface area (TPSA) is 59.6 Å². The lowest BCUT2D eigenvalue weighted by Gasteiger charge is -2.25. The van der Waals surface area contributed by atoms with Crippen molar-refractivity contribution in [2.24, 2.45) is 0 Å². The fraction of sp³-hybridized carbons (Fsp3) is 0.450. The molecule has 0 aromatic heterocycles. The first kappa shape index (κ1) is 16.2. The van der Waals surface area contributed by atoms with E-state index >= 15 is 0 Å². The summed E-state index contributed by atoms with van der Waals surface area (Å²) in [7, 11) is 0. The van der Waals surface area contributed by atoms with Crippen molar-refractivity contribution in [3.63, 3.8) is 0 Å². The number of hydrogen-bond donors (Lipinski definition) is 2. The maximum Gasteiger partial charge on any atom is 0.315 e. The number of carbonyl (C=O) groups excluding carboxylic acids is 1. The number of carbonyl (C=O) groups is 1. The van der Waals surface area contributed by atoms with E-state index in [0.717, 1.165) is 54.4 Å². The molecule has 2 aliphatic rings. The van der Waals surface area contributed by atoms with Gasteiger partial charge in [0.1, 0.15) is 5.75 Å². The summed E-state index contributed by atoms with van der Waals surface area (Å²) in [5.41, 5.74) is 1.06. The van der Waals surface area contributed by atoms with Gasteiger partial charge < -0.3 is 20.1 Å². The van der Waals surface area contributed by atoms with Gasteiger partial charge in [-0.25, -0.2) is 4.79 Å². The Morgan fingerprint density at radius 1 is 1.00 bits per heavy atom. The SMILES string of the molecule is O=C(N[C@@H]1CCCOC1)N[C@H]1CCCOc2c1ccc1ccccc21. The molecule has 2 N–H and O–H groups in total. The molecule has 25 heavy (non-hydrogen) atoms. The molecule has 0 aliphatic carbocycles. The molecule has 1 saturated heterocycles. The van der Waals surface area contributed by atoms with Crippen LogP contribution >= 0.6 is 0 Å². The van der Waals surface area contributed by atoms with Crippen molar-refractivity contribution in [3.8, 4) is 5.75 Å². The number of nitrogens with one attached hydrogen (secondary N) is 2. The summed E-state index contributed by atoms with van der Waals surface area (Å²) in [5.74, 6) is 0.905. The van der Waals surface area contributed by atoms with Crippen LogP contribution in [0.1, 0.15) is 37.3 Å². The van der Waals surface area contributed by atoms with Crippen molar-refractivity contribution in [3.05, 3.63) is 42.0 Å². The summed E-state index contributed by atoms with van der Waals surface area (Å²) in [5, 5.41) is 8.44. The van der Waals surface area contributed by atoms with Gasteiger partial charge in [0.2, 0.25) is 0 Å². The molecule has 5 heteroatoms. The Kier molecular flexibility index (Phi) is 4.74. The summed E-state index contributed by atoms with van der Waals surface area (Å²) in [6.45, 7) is 2.07. The van der Waals surface area contributed by atoms with Gasteiger partial charge in [-0.15, -0.1) is 0 Å². The second-order valence-corrected chi connectivity index (χ2v) is 6.78. The lowest BCUT2D eigenvalue weighted by Crippen LogP contribution is -2.46. The molecule has 2 atom stereocenters. The highest BCUT2D eigenvalue weighted by molar-refractivity contribution is 5.90. The van der Waals surface area contributed by atoms with E-state index < -0.39 is 0 Å². The molecular formula is C20H24N2O3. The number of benzene rings is 2. The number of amides is 2. The Labute approximate surface area is 147 Å². The van der Waals surface area contributed by atoms with E-state index in [0.29, 0.717) is 13.2 Å². The Hall–Kier alpha value is -2.27. The summed E-state index contributed by atoms with van der Waals surface area (Å²) in [6.07, 6.45) is 3.76. The Bertz CT molecular complexity index is 756. The number of urea groups is 1. The monoisotopic (exact) mass is 340 g/mol. The Balaban J connectivity index is 1.54. The Morgan fingerprint density at radius 2 is 1.88 bits per heavy atom. The standard InChI is InChI=1S/C20H24N2O3/c23-20(21-15-6-3-11-24-13-15)22-18-8-4-12-25-19-16-7-2-1-5-14(16)9-10-17(18)19/h1-2,5,7,9-10,15,18H,3-4,6,8,11-13H2,(H2,21,22,23)/t15-,18+/m1/s1. The zero-order valence-corrected chi connectivity index (χ0v) is 14.3. The highest BCUT2D eigenvalue weighted by atomic mass is 16.5. The summed E-state index contributed by atoms with van der Waals surface area (Å²) in [4.78, 5) is 12.4.